The van der Waals surface area contributed by atoms with E-state index in [0.29, 0.717) is 0 Å². The van der Waals surface area contributed by atoms with E-state index in [1.54, 1.807) is 0 Å². The third-order valence-electron chi connectivity index (χ3n) is 2.03. The Morgan fingerprint density at radius 1 is 1.80 bits per heavy atom. The fourth-order valence-electron chi connectivity index (χ4n) is 1.24. The summed E-state index contributed by atoms with van der Waals surface area (Å²) in [4.78, 5) is 2.09. The number of hydrogen-bond donors (Lipinski definition) is 0. The Bertz CT molecular complexity index is 180. The van der Waals surface area contributed by atoms with Crippen molar-refractivity contribution in [2.75, 3.05) is 13.1 Å². The van der Waals surface area contributed by atoms with Crippen molar-refractivity contribution < 1.29 is 0 Å². The Morgan fingerprint density at radius 2 is 2.50 bits per heavy atom. The minimum atomic E-state index is -0.131. The topological polar surface area (TPSA) is 27.0 Å². The van der Waals surface area contributed by atoms with Gasteiger partial charge in [0, 0.05) is 13.1 Å². The minimum absolute atomic E-state index is 0.131. The highest BCUT2D eigenvalue weighted by Crippen LogP contribution is 2.28. The first-order chi connectivity index (χ1) is 4.70. The summed E-state index contributed by atoms with van der Waals surface area (Å²) in [5, 5.41) is 8.73. The number of rotatable bonds is 1. The molecule has 1 aliphatic rings. The molecule has 1 unspecified atom stereocenters. The standard InChI is InChI=1S/C8H12N2/c1-3-10-5-4-8(2,6-9)7-10/h3H,1,4-5,7H2,2H3. The van der Waals surface area contributed by atoms with Gasteiger partial charge in [0.05, 0.1) is 11.5 Å². The number of likely N-dealkylation sites (tertiary alicyclic amines) is 1. The summed E-state index contributed by atoms with van der Waals surface area (Å²) in [7, 11) is 0. The van der Waals surface area contributed by atoms with E-state index >= 15 is 0 Å². The lowest BCUT2D eigenvalue weighted by atomic mass is 9.92. The van der Waals surface area contributed by atoms with Crippen LogP contribution in [0.25, 0.3) is 0 Å². The molecule has 1 fully saturated rings. The van der Waals surface area contributed by atoms with Crippen LogP contribution in [0.4, 0.5) is 0 Å². The van der Waals surface area contributed by atoms with E-state index in [-0.39, 0.29) is 5.41 Å². The molecule has 1 rings (SSSR count). The second-order valence-electron chi connectivity index (χ2n) is 3.08. The fraction of sp³-hybridized carbons (Fsp3) is 0.625. The van der Waals surface area contributed by atoms with Crippen LogP contribution in [0.5, 0.6) is 0 Å². The zero-order valence-corrected chi connectivity index (χ0v) is 6.30. The van der Waals surface area contributed by atoms with Crippen molar-refractivity contribution in [2.24, 2.45) is 5.41 Å². The summed E-state index contributed by atoms with van der Waals surface area (Å²) in [5.41, 5.74) is -0.131. The van der Waals surface area contributed by atoms with E-state index in [1.807, 2.05) is 13.1 Å². The van der Waals surface area contributed by atoms with Crippen LogP contribution in [-0.4, -0.2) is 18.0 Å². The molecule has 1 atom stereocenters. The molecule has 0 saturated carbocycles. The lowest BCUT2D eigenvalue weighted by molar-refractivity contribution is 0.406. The van der Waals surface area contributed by atoms with E-state index in [2.05, 4.69) is 17.5 Å². The van der Waals surface area contributed by atoms with Gasteiger partial charge in [-0.3, -0.25) is 0 Å². The molecule has 0 bridgehead atoms. The lowest BCUT2D eigenvalue weighted by Gasteiger charge is -2.14. The number of nitrogens with zero attached hydrogens (tertiary/aromatic N) is 2. The average molecular weight is 136 g/mol. The van der Waals surface area contributed by atoms with Crippen LogP contribution < -0.4 is 0 Å². The first-order valence-electron chi connectivity index (χ1n) is 3.48. The molecule has 54 valence electrons. The quantitative estimate of drug-likeness (QED) is 0.544. The predicted molar refractivity (Wildman–Crippen MR) is 40.1 cm³/mol. The highest BCUT2D eigenvalue weighted by Gasteiger charge is 2.31. The van der Waals surface area contributed by atoms with Crippen LogP contribution in [0.3, 0.4) is 0 Å². The smallest absolute Gasteiger partial charge is 0.0737 e. The van der Waals surface area contributed by atoms with Gasteiger partial charge in [0.25, 0.3) is 0 Å². The van der Waals surface area contributed by atoms with Crippen LogP contribution in [0.1, 0.15) is 13.3 Å². The normalized spacial score (nSPS) is 31.8. The van der Waals surface area contributed by atoms with Gasteiger partial charge in [0.15, 0.2) is 0 Å². The summed E-state index contributed by atoms with van der Waals surface area (Å²) in [6.45, 7) is 7.48. The lowest BCUT2D eigenvalue weighted by Crippen LogP contribution is -2.18. The highest BCUT2D eigenvalue weighted by molar-refractivity contribution is 5.03. The zero-order valence-electron chi connectivity index (χ0n) is 6.30. The van der Waals surface area contributed by atoms with Gasteiger partial charge in [-0.05, 0) is 19.5 Å². The molecule has 0 amide bonds. The van der Waals surface area contributed by atoms with Gasteiger partial charge >= 0.3 is 0 Å². The fourth-order valence-corrected chi connectivity index (χ4v) is 1.24. The Kier molecular flexibility index (Phi) is 1.67. The van der Waals surface area contributed by atoms with Crippen molar-refractivity contribution in [3.63, 3.8) is 0 Å². The highest BCUT2D eigenvalue weighted by atomic mass is 15.1. The Labute approximate surface area is 61.8 Å². The van der Waals surface area contributed by atoms with Crippen molar-refractivity contribution >= 4 is 0 Å². The summed E-state index contributed by atoms with van der Waals surface area (Å²) in [6, 6.07) is 2.32. The molecule has 0 aromatic rings. The van der Waals surface area contributed by atoms with Gasteiger partial charge in [0.2, 0.25) is 0 Å². The van der Waals surface area contributed by atoms with Crippen molar-refractivity contribution in [2.45, 2.75) is 13.3 Å². The molecule has 0 N–H and O–H groups in total. The van der Waals surface area contributed by atoms with Crippen molar-refractivity contribution in [3.8, 4) is 6.07 Å². The Hall–Kier alpha value is -0.970. The van der Waals surface area contributed by atoms with Gasteiger partial charge in [-0.15, -0.1) is 0 Å². The first-order valence-corrected chi connectivity index (χ1v) is 3.48. The molecule has 1 saturated heterocycles. The largest absolute Gasteiger partial charge is 0.376 e. The van der Waals surface area contributed by atoms with Crippen molar-refractivity contribution in [1.29, 1.82) is 5.26 Å². The van der Waals surface area contributed by atoms with Gasteiger partial charge in [-0.2, -0.15) is 5.26 Å². The first kappa shape index (κ1) is 7.14. The van der Waals surface area contributed by atoms with Crippen molar-refractivity contribution in [3.05, 3.63) is 12.8 Å². The second kappa shape index (κ2) is 2.34. The van der Waals surface area contributed by atoms with E-state index in [0.717, 1.165) is 19.5 Å². The van der Waals surface area contributed by atoms with E-state index in [9.17, 15) is 0 Å². The van der Waals surface area contributed by atoms with E-state index in [4.69, 9.17) is 5.26 Å². The molecule has 0 aromatic carbocycles. The number of nitriles is 1. The maximum absolute atomic E-state index is 8.73. The molecule has 0 radical (unpaired) electrons. The van der Waals surface area contributed by atoms with Crippen LogP contribution in [0.15, 0.2) is 12.8 Å². The molecule has 2 nitrogen and oxygen atoms in total. The van der Waals surface area contributed by atoms with Crippen molar-refractivity contribution in [1.82, 2.24) is 4.90 Å². The molecule has 0 spiro atoms. The monoisotopic (exact) mass is 136 g/mol. The third kappa shape index (κ3) is 1.13. The summed E-state index contributed by atoms with van der Waals surface area (Å²) in [5.74, 6) is 0. The number of hydrogen-bond acceptors (Lipinski definition) is 2. The molecule has 0 aliphatic carbocycles. The third-order valence-corrected chi connectivity index (χ3v) is 2.03. The van der Waals surface area contributed by atoms with Crippen LogP contribution in [0.2, 0.25) is 0 Å². The van der Waals surface area contributed by atoms with Gasteiger partial charge < -0.3 is 4.90 Å². The molecule has 10 heavy (non-hydrogen) atoms. The predicted octanol–water partition coefficient (Wildman–Crippen LogP) is 1.37. The minimum Gasteiger partial charge on any atom is -0.376 e. The van der Waals surface area contributed by atoms with Crippen LogP contribution >= 0.6 is 0 Å². The summed E-state index contributed by atoms with van der Waals surface area (Å²) < 4.78 is 0. The van der Waals surface area contributed by atoms with Gasteiger partial charge in [-0.25, -0.2) is 0 Å². The van der Waals surface area contributed by atoms with Gasteiger partial charge in [0.1, 0.15) is 0 Å². The van der Waals surface area contributed by atoms with E-state index in [1.165, 1.54) is 0 Å². The maximum atomic E-state index is 8.73. The zero-order chi connectivity index (χ0) is 7.61. The molecule has 1 aliphatic heterocycles. The van der Waals surface area contributed by atoms with Crippen LogP contribution in [0, 0.1) is 16.7 Å². The Balaban J connectivity index is 2.59. The van der Waals surface area contributed by atoms with Crippen LogP contribution in [-0.2, 0) is 0 Å². The summed E-state index contributed by atoms with van der Waals surface area (Å²) in [6.07, 6.45) is 2.78. The van der Waals surface area contributed by atoms with Gasteiger partial charge in [-0.1, -0.05) is 6.58 Å². The summed E-state index contributed by atoms with van der Waals surface area (Å²) >= 11 is 0. The molecule has 0 aromatic heterocycles. The SMILES string of the molecule is C=CN1CCC(C)(C#N)C1. The molecular formula is C8H12N2. The molecular weight excluding hydrogens is 124 g/mol. The Morgan fingerprint density at radius 3 is 2.80 bits per heavy atom. The maximum Gasteiger partial charge on any atom is 0.0737 e. The second-order valence-corrected chi connectivity index (χ2v) is 3.08. The molecule has 2 heteroatoms. The average Bonchev–Trinajstić information content (AvgIpc) is 2.33. The molecule has 1 heterocycles. The van der Waals surface area contributed by atoms with E-state index < -0.39 is 0 Å².